The quantitative estimate of drug-likeness (QED) is 0.852. The van der Waals surface area contributed by atoms with Crippen molar-refractivity contribution in [2.45, 2.75) is 38.0 Å². The standard InChI is InChI=1S/C16H23N3O2/c1-11-10-21-13(8-17)9-19(11)15-7-6-12-4-2-3-5-14(12)18-16(15)20/h2-5,11,13,15H,6-10,17H2,1H3,(H,18,20). The van der Waals surface area contributed by atoms with Crippen molar-refractivity contribution < 1.29 is 9.53 Å². The number of carbonyl (C=O) groups is 1. The van der Waals surface area contributed by atoms with Crippen LogP contribution in [0.1, 0.15) is 18.9 Å². The first-order valence-corrected chi connectivity index (χ1v) is 7.65. The number of ether oxygens (including phenoxy) is 1. The van der Waals surface area contributed by atoms with E-state index in [2.05, 4.69) is 23.2 Å². The smallest absolute Gasteiger partial charge is 0.241 e. The first-order chi connectivity index (χ1) is 10.2. The largest absolute Gasteiger partial charge is 0.374 e. The second-order valence-electron chi connectivity index (χ2n) is 5.94. The van der Waals surface area contributed by atoms with Crippen molar-refractivity contribution in [1.82, 2.24) is 4.90 Å². The number of carbonyl (C=O) groups excluding carboxylic acids is 1. The summed E-state index contributed by atoms with van der Waals surface area (Å²) in [6, 6.07) is 8.17. The molecular weight excluding hydrogens is 266 g/mol. The van der Waals surface area contributed by atoms with Gasteiger partial charge in [-0.05, 0) is 31.4 Å². The molecule has 5 nitrogen and oxygen atoms in total. The second kappa shape index (κ2) is 6.13. The Morgan fingerprint density at radius 3 is 3.05 bits per heavy atom. The van der Waals surface area contributed by atoms with Gasteiger partial charge in [0.2, 0.25) is 5.91 Å². The fourth-order valence-corrected chi connectivity index (χ4v) is 3.23. The van der Waals surface area contributed by atoms with Gasteiger partial charge in [0.25, 0.3) is 0 Å². The molecule has 1 amide bonds. The number of para-hydroxylation sites is 1. The monoisotopic (exact) mass is 289 g/mol. The van der Waals surface area contributed by atoms with Gasteiger partial charge < -0.3 is 15.8 Å². The number of amides is 1. The van der Waals surface area contributed by atoms with Gasteiger partial charge in [-0.25, -0.2) is 0 Å². The number of benzene rings is 1. The lowest BCUT2D eigenvalue weighted by Gasteiger charge is -2.41. The molecule has 114 valence electrons. The zero-order valence-electron chi connectivity index (χ0n) is 12.4. The van der Waals surface area contributed by atoms with E-state index in [1.54, 1.807) is 0 Å². The summed E-state index contributed by atoms with van der Waals surface area (Å²) in [5.74, 6) is 0.0875. The van der Waals surface area contributed by atoms with Gasteiger partial charge in [0, 0.05) is 24.8 Å². The number of morpholine rings is 1. The van der Waals surface area contributed by atoms with Crippen molar-refractivity contribution in [2.24, 2.45) is 5.73 Å². The van der Waals surface area contributed by atoms with E-state index in [4.69, 9.17) is 10.5 Å². The lowest BCUT2D eigenvalue weighted by molar-refractivity contribution is -0.128. The number of rotatable bonds is 2. The van der Waals surface area contributed by atoms with Gasteiger partial charge in [0.05, 0.1) is 18.8 Å². The highest BCUT2D eigenvalue weighted by molar-refractivity contribution is 5.96. The van der Waals surface area contributed by atoms with Gasteiger partial charge in [-0.15, -0.1) is 0 Å². The Balaban J connectivity index is 1.78. The Kier molecular flexibility index (Phi) is 4.24. The maximum absolute atomic E-state index is 12.6. The van der Waals surface area contributed by atoms with E-state index in [0.29, 0.717) is 13.2 Å². The highest BCUT2D eigenvalue weighted by Gasteiger charge is 2.35. The summed E-state index contributed by atoms with van der Waals surface area (Å²) >= 11 is 0. The van der Waals surface area contributed by atoms with Crippen molar-refractivity contribution in [3.8, 4) is 0 Å². The minimum atomic E-state index is -0.106. The van der Waals surface area contributed by atoms with Crippen LogP contribution in [0, 0.1) is 0 Å². The third kappa shape index (κ3) is 2.95. The van der Waals surface area contributed by atoms with E-state index >= 15 is 0 Å². The van der Waals surface area contributed by atoms with Crippen LogP contribution in [-0.2, 0) is 16.0 Å². The van der Waals surface area contributed by atoms with Crippen molar-refractivity contribution in [1.29, 1.82) is 0 Å². The first-order valence-electron chi connectivity index (χ1n) is 7.65. The number of hydrogen-bond donors (Lipinski definition) is 2. The summed E-state index contributed by atoms with van der Waals surface area (Å²) in [6.45, 7) is 3.97. The highest BCUT2D eigenvalue weighted by Crippen LogP contribution is 2.26. The van der Waals surface area contributed by atoms with Crippen LogP contribution >= 0.6 is 0 Å². The summed E-state index contributed by atoms with van der Waals surface area (Å²) in [6.07, 6.45) is 1.78. The average Bonchev–Trinajstić information content (AvgIpc) is 2.66. The SMILES string of the molecule is CC1COC(CN)CN1C1CCc2ccccc2NC1=O. The summed E-state index contributed by atoms with van der Waals surface area (Å²) < 4.78 is 5.69. The molecule has 0 saturated carbocycles. The molecule has 1 aromatic rings. The van der Waals surface area contributed by atoms with Gasteiger partial charge in [-0.2, -0.15) is 0 Å². The second-order valence-corrected chi connectivity index (χ2v) is 5.94. The average molecular weight is 289 g/mol. The molecule has 0 spiro atoms. The number of nitrogens with zero attached hydrogens (tertiary/aromatic N) is 1. The maximum atomic E-state index is 12.6. The van der Waals surface area contributed by atoms with Crippen LogP contribution in [0.3, 0.4) is 0 Å². The molecule has 3 atom stereocenters. The third-order valence-corrected chi connectivity index (χ3v) is 4.48. The predicted molar refractivity (Wildman–Crippen MR) is 82.1 cm³/mol. The molecule has 3 N–H and O–H groups in total. The summed E-state index contributed by atoms with van der Waals surface area (Å²) in [5.41, 5.74) is 7.88. The molecule has 3 rings (SSSR count). The van der Waals surface area contributed by atoms with Crippen molar-refractivity contribution in [3.63, 3.8) is 0 Å². The fraction of sp³-hybridized carbons (Fsp3) is 0.562. The molecule has 21 heavy (non-hydrogen) atoms. The van der Waals surface area contributed by atoms with E-state index in [-0.39, 0.29) is 24.1 Å². The van der Waals surface area contributed by atoms with Crippen molar-refractivity contribution >= 4 is 11.6 Å². The van der Waals surface area contributed by atoms with Crippen LogP contribution in [0.15, 0.2) is 24.3 Å². The molecule has 0 aromatic heterocycles. The lowest BCUT2D eigenvalue weighted by atomic mass is 10.0. The van der Waals surface area contributed by atoms with E-state index < -0.39 is 0 Å². The van der Waals surface area contributed by atoms with E-state index in [1.165, 1.54) is 5.56 Å². The minimum absolute atomic E-state index is 0.0274. The van der Waals surface area contributed by atoms with Gasteiger partial charge in [0.1, 0.15) is 0 Å². The molecule has 2 aliphatic rings. The van der Waals surface area contributed by atoms with Gasteiger partial charge in [-0.3, -0.25) is 9.69 Å². The normalized spacial score (nSPS) is 30.4. The molecule has 0 radical (unpaired) electrons. The topological polar surface area (TPSA) is 67.6 Å². The molecule has 2 aliphatic heterocycles. The molecule has 1 fully saturated rings. The molecule has 0 aliphatic carbocycles. The number of aryl methyl sites for hydroxylation is 1. The van der Waals surface area contributed by atoms with E-state index in [0.717, 1.165) is 25.1 Å². The fourth-order valence-electron chi connectivity index (χ4n) is 3.23. The van der Waals surface area contributed by atoms with Crippen LogP contribution < -0.4 is 11.1 Å². The Morgan fingerprint density at radius 1 is 1.43 bits per heavy atom. The Hall–Kier alpha value is -1.43. The number of anilines is 1. The van der Waals surface area contributed by atoms with Crippen molar-refractivity contribution in [3.05, 3.63) is 29.8 Å². The zero-order valence-corrected chi connectivity index (χ0v) is 12.4. The Bertz CT molecular complexity index is 520. The highest BCUT2D eigenvalue weighted by atomic mass is 16.5. The molecule has 3 unspecified atom stereocenters. The van der Waals surface area contributed by atoms with E-state index in [9.17, 15) is 4.79 Å². The van der Waals surface area contributed by atoms with Gasteiger partial charge >= 0.3 is 0 Å². The third-order valence-electron chi connectivity index (χ3n) is 4.48. The molecule has 1 saturated heterocycles. The van der Waals surface area contributed by atoms with Crippen LogP contribution in [0.2, 0.25) is 0 Å². The number of nitrogens with two attached hydrogens (primary N) is 1. The number of hydrogen-bond acceptors (Lipinski definition) is 4. The Morgan fingerprint density at radius 2 is 2.24 bits per heavy atom. The molecular formula is C16H23N3O2. The van der Waals surface area contributed by atoms with Crippen LogP contribution in [0.4, 0.5) is 5.69 Å². The first kappa shape index (κ1) is 14.5. The molecule has 2 heterocycles. The molecule has 0 bridgehead atoms. The summed E-state index contributed by atoms with van der Waals surface area (Å²) in [5, 5.41) is 3.07. The van der Waals surface area contributed by atoms with Crippen LogP contribution in [0.5, 0.6) is 0 Å². The van der Waals surface area contributed by atoms with Crippen molar-refractivity contribution in [2.75, 3.05) is 25.0 Å². The maximum Gasteiger partial charge on any atom is 0.241 e. The van der Waals surface area contributed by atoms with Crippen LogP contribution in [-0.4, -0.2) is 48.7 Å². The molecule has 5 heteroatoms. The Labute approximate surface area is 125 Å². The lowest BCUT2D eigenvalue weighted by Crippen LogP contribution is -2.57. The summed E-state index contributed by atoms with van der Waals surface area (Å²) in [7, 11) is 0. The predicted octanol–water partition coefficient (Wildman–Crippen LogP) is 0.988. The summed E-state index contributed by atoms with van der Waals surface area (Å²) in [4.78, 5) is 14.8. The minimum Gasteiger partial charge on any atom is -0.374 e. The number of nitrogens with one attached hydrogen (secondary N) is 1. The van der Waals surface area contributed by atoms with Gasteiger partial charge in [-0.1, -0.05) is 18.2 Å². The number of fused-ring (bicyclic) bond motifs is 1. The molecule has 1 aromatic carbocycles. The van der Waals surface area contributed by atoms with Crippen LogP contribution in [0.25, 0.3) is 0 Å². The zero-order chi connectivity index (χ0) is 14.8. The van der Waals surface area contributed by atoms with Gasteiger partial charge in [0.15, 0.2) is 0 Å². The van der Waals surface area contributed by atoms with E-state index in [1.807, 2.05) is 18.2 Å².